The highest BCUT2D eigenvalue weighted by Gasteiger charge is 2.13. The Hall–Kier alpha value is -0.240. The van der Waals surface area contributed by atoms with Crippen LogP contribution in [-0.4, -0.2) is 11.1 Å². The van der Waals surface area contributed by atoms with Gasteiger partial charge in [0.2, 0.25) is 0 Å². The van der Waals surface area contributed by atoms with E-state index in [-0.39, 0.29) is 0 Å². The Morgan fingerprint density at radius 1 is 1.50 bits per heavy atom. The van der Waals surface area contributed by atoms with Crippen molar-refractivity contribution in [2.75, 3.05) is 0 Å². The van der Waals surface area contributed by atoms with Crippen LogP contribution in [0.15, 0.2) is 16.5 Å². The minimum atomic E-state index is 0.347. The Balaban J connectivity index is 0.000000371. The van der Waals surface area contributed by atoms with Crippen molar-refractivity contribution in [2.45, 2.75) is 33.7 Å². The Labute approximate surface area is 67.6 Å². The first-order chi connectivity index (χ1) is 4.70. The fraction of sp³-hybridized carbons (Fsp3) is 0.625. The van der Waals surface area contributed by atoms with Gasteiger partial charge in [0.15, 0.2) is 0 Å². The maximum atomic E-state index is 4.25. The summed E-state index contributed by atoms with van der Waals surface area (Å²) in [5.41, 5.74) is 0. The molecule has 1 unspecified atom stereocenters. The van der Waals surface area contributed by atoms with Gasteiger partial charge in [0, 0.05) is 4.91 Å². The molecule has 0 aliphatic carbocycles. The lowest BCUT2D eigenvalue weighted by Gasteiger charge is -1.94. The fourth-order valence-electron chi connectivity index (χ4n) is 0.646. The van der Waals surface area contributed by atoms with E-state index in [4.69, 9.17) is 0 Å². The van der Waals surface area contributed by atoms with Gasteiger partial charge in [-0.15, -0.1) is 0 Å². The molecule has 0 fully saturated rings. The lowest BCUT2D eigenvalue weighted by molar-refractivity contribution is 0.929. The topological polar surface area (TPSA) is 12.4 Å². The van der Waals surface area contributed by atoms with Gasteiger partial charge in [0.1, 0.15) is 0 Å². The summed E-state index contributed by atoms with van der Waals surface area (Å²) in [7, 11) is 0. The molecule has 2 heteroatoms. The molecule has 1 nitrogen and oxygen atoms in total. The van der Waals surface area contributed by atoms with Crippen molar-refractivity contribution in [3.63, 3.8) is 0 Å². The van der Waals surface area contributed by atoms with Crippen LogP contribution in [0.5, 0.6) is 0 Å². The molecule has 0 spiro atoms. The van der Waals surface area contributed by atoms with Gasteiger partial charge >= 0.3 is 0 Å². The van der Waals surface area contributed by atoms with Gasteiger partial charge in [-0.1, -0.05) is 32.2 Å². The monoisotopic (exact) mass is 157 g/mol. The molecule has 0 N–H and O–H groups in total. The molecule has 0 bridgehead atoms. The second-order valence-electron chi connectivity index (χ2n) is 1.89. The first-order valence-corrected chi connectivity index (χ1v) is 4.43. The van der Waals surface area contributed by atoms with Gasteiger partial charge in [0.25, 0.3) is 0 Å². The zero-order valence-corrected chi connectivity index (χ0v) is 7.96. The second-order valence-corrected chi connectivity index (χ2v) is 3.21. The van der Waals surface area contributed by atoms with E-state index in [2.05, 4.69) is 18.5 Å². The summed E-state index contributed by atoms with van der Waals surface area (Å²) in [5, 5.41) is 1.14. The summed E-state index contributed by atoms with van der Waals surface area (Å²) in [6.07, 6.45) is 0. The van der Waals surface area contributed by atoms with E-state index in [1.165, 1.54) is 4.91 Å². The molecule has 0 radical (unpaired) electrons. The van der Waals surface area contributed by atoms with Gasteiger partial charge in [-0.05, 0) is 13.8 Å². The van der Waals surface area contributed by atoms with Crippen molar-refractivity contribution in [2.24, 2.45) is 4.99 Å². The van der Waals surface area contributed by atoms with Crippen LogP contribution in [0, 0.1) is 0 Å². The predicted molar refractivity (Wildman–Crippen MR) is 50.7 cm³/mol. The van der Waals surface area contributed by atoms with Gasteiger partial charge in [-0.25, -0.2) is 0 Å². The Kier molecular flexibility index (Phi) is 4.45. The van der Waals surface area contributed by atoms with Crippen molar-refractivity contribution in [1.82, 2.24) is 0 Å². The van der Waals surface area contributed by atoms with E-state index in [1.807, 2.05) is 20.8 Å². The van der Waals surface area contributed by atoms with Crippen LogP contribution in [0.2, 0.25) is 0 Å². The third kappa shape index (κ3) is 2.56. The number of aliphatic imine (C=N–C) groups is 1. The van der Waals surface area contributed by atoms with Crippen LogP contribution in [-0.2, 0) is 0 Å². The quantitative estimate of drug-likeness (QED) is 0.526. The molecule has 58 valence electrons. The van der Waals surface area contributed by atoms with E-state index in [0.717, 1.165) is 5.04 Å². The number of thioether (sulfide) groups is 1. The predicted octanol–water partition coefficient (Wildman–Crippen LogP) is 3.08. The number of hydrogen-bond donors (Lipinski definition) is 0. The zero-order chi connectivity index (χ0) is 8.15. The molecule has 1 heterocycles. The number of rotatable bonds is 0. The van der Waals surface area contributed by atoms with Crippen molar-refractivity contribution in [1.29, 1.82) is 0 Å². The van der Waals surface area contributed by atoms with Crippen LogP contribution in [0.25, 0.3) is 0 Å². The number of hydrogen-bond acceptors (Lipinski definition) is 2. The smallest absolute Gasteiger partial charge is 0.0786 e. The van der Waals surface area contributed by atoms with Crippen LogP contribution in [0.3, 0.4) is 0 Å². The molecule has 10 heavy (non-hydrogen) atoms. The third-order valence-corrected chi connectivity index (χ3v) is 2.12. The molecule has 1 aliphatic heterocycles. The first-order valence-electron chi connectivity index (χ1n) is 3.61. The summed E-state index contributed by atoms with van der Waals surface area (Å²) in [6, 6.07) is 0.347. The summed E-state index contributed by atoms with van der Waals surface area (Å²) < 4.78 is 0. The molecule has 0 saturated heterocycles. The second kappa shape index (κ2) is 4.56. The van der Waals surface area contributed by atoms with Crippen molar-refractivity contribution in [3.05, 3.63) is 11.5 Å². The minimum absolute atomic E-state index is 0.347. The molecule has 0 saturated carbocycles. The summed E-state index contributed by atoms with van der Waals surface area (Å²) in [5.74, 6) is 0. The SMILES string of the molecule is C=C1SC(C)=NC1C.CC. The van der Waals surface area contributed by atoms with Crippen molar-refractivity contribution in [3.8, 4) is 0 Å². The molecule has 1 rings (SSSR count). The zero-order valence-electron chi connectivity index (χ0n) is 7.14. The highest BCUT2D eigenvalue weighted by molar-refractivity contribution is 8.17. The molecule has 0 aromatic rings. The first kappa shape index (κ1) is 9.76. The maximum absolute atomic E-state index is 4.25. The van der Waals surface area contributed by atoms with E-state index in [1.54, 1.807) is 11.8 Å². The Bertz CT molecular complexity index is 149. The van der Waals surface area contributed by atoms with E-state index in [9.17, 15) is 0 Å². The van der Waals surface area contributed by atoms with Gasteiger partial charge in [-0.2, -0.15) is 0 Å². The molecule has 0 aromatic heterocycles. The maximum Gasteiger partial charge on any atom is 0.0786 e. The van der Waals surface area contributed by atoms with Crippen LogP contribution >= 0.6 is 11.8 Å². The average molecular weight is 157 g/mol. The Morgan fingerprint density at radius 3 is 2.10 bits per heavy atom. The standard InChI is InChI=1S/C6H9NS.C2H6/c1-4-5(2)8-6(3)7-4;1-2/h4H,2H2,1,3H3;1-2H3. The summed E-state index contributed by atoms with van der Waals surface area (Å²) in [6.45, 7) is 11.9. The molecule has 1 atom stereocenters. The lowest BCUT2D eigenvalue weighted by atomic mass is 10.3. The lowest BCUT2D eigenvalue weighted by Crippen LogP contribution is -1.89. The average Bonchev–Trinajstić information content (AvgIpc) is 2.16. The van der Waals surface area contributed by atoms with Gasteiger partial charge < -0.3 is 0 Å². The molecule has 1 aliphatic rings. The normalized spacial score (nSPS) is 23.4. The van der Waals surface area contributed by atoms with E-state index >= 15 is 0 Å². The molecule has 0 amide bonds. The Morgan fingerprint density at radius 2 is 2.00 bits per heavy atom. The van der Waals surface area contributed by atoms with Crippen molar-refractivity contribution < 1.29 is 0 Å². The van der Waals surface area contributed by atoms with E-state index in [0.29, 0.717) is 6.04 Å². The van der Waals surface area contributed by atoms with Gasteiger partial charge in [-0.3, -0.25) is 4.99 Å². The van der Waals surface area contributed by atoms with E-state index < -0.39 is 0 Å². The highest BCUT2D eigenvalue weighted by Crippen LogP contribution is 2.28. The summed E-state index contributed by atoms with van der Waals surface area (Å²) in [4.78, 5) is 5.42. The highest BCUT2D eigenvalue weighted by atomic mass is 32.2. The summed E-state index contributed by atoms with van der Waals surface area (Å²) >= 11 is 1.68. The fourth-order valence-corrected chi connectivity index (χ4v) is 1.46. The van der Waals surface area contributed by atoms with Crippen LogP contribution < -0.4 is 0 Å². The molecular formula is C8H15NS. The van der Waals surface area contributed by atoms with Crippen molar-refractivity contribution >= 4 is 16.8 Å². The van der Waals surface area contributed by atoms with Gasteiger partial charge in [0.05, 0.1) is 11.1 Å². The van der Waals surface area contributed by atoms with Crippen LogP contribution in [0.4, 0.5) is 0 Å². The largest absolute Gasteiger partial charge is 0.275 e. The molecule has 0 aromatic carbocycles. The van der Waals surface area contributed by atoms with Crippen LogP contribution in [0.1, 0.15) is 27.7 Å². The third-order valence-electron chi connectivity index (χ3n) is 1.12. The minimum Gasteiger partial charge on any atom is -0.275 e. The number of nitrogens with zero attached hydrogens (tertiary/aromatic N) is 1. The molecular weight excluding hydrogens is 142 g/mol.